The summed E-state index contributed by atoms with van der Waals surface area (Å²) in [6.45, 7) is 6.49. The van der Waals surface area contributed by atoms with Crippen LogP contribution in [0.4, 0.5) is 4.79 Å². The lowest BCUT2D eigenvalue weighted by Gasteiger charge is -2.36. The van der Waals surface area contributed by atoms with Gasteiger partial charge in [-0.15, -0.1) is 11.8 Å². The number of likely N-dealkylation sites (tertiary alicyclic amines) is 1. The highest BCUT2D eigenvalue weighted by atomic mass is 32.2. The van der Waals surface area contributed by atoms with Crippen LogP contribution in [0.15, 0.2) is 23.2 Å². The van der Waals surface area contributed by atoms with Gasteiger partial charge in [0.25, 0.3) is 0 Å². The molecule has 1 atom stereocenters. The first-order chi connectivity index (χ1) is 10.9. The van der Waals surface area contributed by atoms with Gasteiger partial charge in [-0.1, -0.05) is 0 Å². The summed E-state index contributed by atoms with van der Waals surface area (Å²) in [5, 5.41) is 0. The molecule has 1 aromatic rings. The van der Waals surface area contributed by atoms with Crippen LogP contribution in [-0.2, 0) is 4.74 Å². The zero-order chi connectivity index (χ0) is 16.9. The zero-order valence-corrected chi connectivity index (χ0v) is 15.2. The maximum atomic E-state index is 12.4. The van der Waals surface area contributed by atoms with Crippen molar-refractivity contribution >= 4 is 17.9 Å². The minimum Gasteiger partial charge on any atom is -0.481 e. The molecule has 1 aliphatic rings. The van der Waals surface area contributed by atoms with Crippen molar-refractivity contribution in [3.05, 3.63) is 18.3 Å². The van der Waals surface area contributed by atoms with E-state index in [0.29, 0.717) is 5.88 Å². The van der Waals surface area contributed by atoms with Gasteiger partial charge in [-0.05, 0) is 46.1 Å². The van der Waals surface area contributed by atoms with E-state index >= 15 is 0 Å². The molecule has 0 N–H and O–H groups in total. The molecule has 0 aliphatic carbocycles. The van der Waals surface area contributed by atoms with Crippen LogP contribution >= 0.6 is 11.8 Å². The smallest absolute Gasteiger partial charge is 0.410 e. The molecule has 2 heterocycles. The van der Waals surface area contributed by atoms with Gasteiger partial charge in [0, 0.05) is 35.5 Å². The number of carbonyl (C=O) groups excluding carboxylic acids is 1. The second-order valence-electron chi connectivity index (χ2n) is 6.67. The Kier molecular flexibility index (Phi) is 6.16. The molecule has 6 heteroatoms. The van der Waals surface area contributed by atoms with E-state index in [1.165, 1.54) is 0 Å². The van der Waals surface area contributed by atoms with Crippen molar-refractivity contribution in [2.45, 2.75) is 56.6 Å². The van der Waals surface area contributed by atoms with Gasteiger partial charge in [0.15, 0.2) is 0 Å². The fourth-order valence-electron chi connectivity index (χ4n) is 2.50. The molecule has 1 unspecified atom stereocenters. The van der Waals surface area contributed by atoms with Gasteiger partial charge >= 0.3 is 6.09 Å². The maximum Gasteiger partial charge on any atom is 0.410 e. The predicted octanol–water partition coefficient (Wildman–Crippen LogP) is 3.97. The molecule has 1 amide bonds. The molecule has 1 aliphatic heterocycles. The summed E-state index contributed by atoms with van der Waals surface area (Å²) in [5.74, 6) is 1.47. The summed E-state index contributed by atoms with van der Waals surface area (Å²) in [4.78, 5) is 19.6. The summed E-state index contributed by atoms with van der Waals surface area (Å²) in [5.41, 5.74) is -0.452. The van der Waals surface area contributed by atoms with Crippen molar-refractivity contribution in [3.8, 4) is 5.88 Å². The van der Waals surface area contributed by atoms with Crippen molar-refractivity contribution in [1.29, 1.82) is 0 Å². The summed E-state index contributed by atoms with van der Waals surface area (Å²) in [6, 6.07) is 4.07. The lowest BCUT2D eigenvalue weighted by molar-refractivity contribution is 0.0126. The van der Waals surface area contributed by atoms with Crippen molar-refractivity contribution < 1.29 is 14.3 Å². The molecule has 23 heavy (non-hydrogen) atoms. The van der Waals surface area contributed by atoms with E-state index in [9.17, 15) is 4.79 Å². The molecular weight excluding hydrogens is 312 g/mol. The quantitative estimate of drug-likeness (QED) is 0.778. The second kappa shape index (κ2) is 7.90. The molecule has 0 radical (unpaired) electrons. The van der Waals surface area contributed by atoms with Gasteiger partial charge in [0.2, 0.25) is 5.88 Å². The highest BCUT2D eigenvalue weighted by molar-refractivity contribution is 7.99. The van der Waals surface area contributed by atoms with Gasteiger partial charge in [-0.3, -0.25) is 0 Å². The Balaban J connectivity index is 1.93. The monoisotopic (exact) mass is 338 g/mol. The van der Waals surface area contributed by atoms with Crippen LogP contribution in [0.1, 0.15) is 40.0 Å². The van der Waals surface area contributed by atoms with Crippen molar-refractivity contribution in [3.63, 3.8) is 0 Å². The summed E-state index contributed by atoms with van der Waals surface area (Å²) >= 11 is 1.72. The lowest BCUT2D eigenvalue weighted by atomic mass is 10.0. The number of pyridine rings is 1. The van der Waals surface area contributed by atoms with E-state index in [0.717, 1.165) is 36.5 Å². The Bertz CT molecular complexity index is 514. The van der Waals surface area contributed by atoms with Crippen LogP contribution in [0.3, 0.4) is 0 Å². The highest BCUT2D eigenvalue weighted by Crippen LogP contribution is 2.27. The number of amides is 1. The van der Waals surface area contributed by atoms with Gasteiger partial charge in [0.05, 0.1) is 7.11 Å². The van der Waals surface area contributed by atoms with Crippen LogP contribution in [0.2, 0.25) is 0 Å². The van der Waals surface area contributed by atoms with Gasteiger partial charge in [0.1, 0.15) is 5.60 Å². The predicted molar refractivity (Wildman–Crippen MR) is 92.1 cm³/mol. The first-order valence-corrected chi connectivity index (χ1v) is 9.00. The fourth-order valence-corrected chi connectivity index (χ4v) is 3.52. The van der Waals surface area contributed by atoms with Gasteiger partial charge < -0.3 is 14.4 Å². The number of hydrogen-bond acceptors (Lipinski definition) is 5. The number of carbonyl (C=O) groups is 1. The van der Waals surface area contributed by atoms with Crippen molar-refractivity contribution in [2.75, 3.05) is 19.4 Å². The van der Waals surface area contributed by atoms with E-state index in [1.54, 1.807) is 18.9 Å². The van der Waals surface area contributed by atoms with Crippen LogP contribution in [-0.4, -0.2) is 47.0 Å². The molecule has 0 spiro atoms. The summed E-state index contributed by atoms with van der Waals surface area (Å²) in [6.07, 6.45) is 4.84. The Morgan fingerprint density at radius 2 is 2.17 bits per heavy atom. The SMILES string of the molecule is COc1ccc(SCC2CCCCN2C(=O)OC(C)(C)C)cn1. The third-order valence-corrected chi connectivity index (χ3v) is 4.74. The lowest BCUT2D eigenvalue weighted by Crippen LogP contribution is -2.47. The van der Waals surface area contributed by atoms with Crippen LogP contribution in [0.5, 0.6) is 5.88 Å². The molecule has 5 nitrogen and oxygen atoms in total. The topological polar surface area (TPSA) is 51.7 Å². The maximum absolute atomic E-state index is 12.4. The Morgan fingerprint density at radius 1 is 1.39 bits per heavy atom. The van der Waals surface area contributed by atoms with Gasteiger partial charge in [-0.2, -0.15) is 0 Å². The number of hydrogen-bond donors (Lipinski definition) is 0. The second-order valence-corrected chi connectivity index (χ2v) is 7.76. The number of thioether (sulfide) groups is 1. The fraction of sp³-hybridized carbons (Fsp3) is 0.647. The van der Waals surface area contributed by atoms with E-state index in [2.05, 4.69) is 4.98 Å². The number of piperidine rings is 1. The Labute approximate surface area is 142 Å². The van der Waals surface area contributed by atoms with E-state index in [4.69, 9.17) is 9.47 Å². The van der Waals surface area contributed by atoms with Gasteiger partial charge in [-0.25, -0.2) is 9.78 Å². The summed E-state index contributed by atoms with van der Waals surface area (Å²) < 4.78 is 10.6. The van der Waals surface area contributed by atoms with Crippen LogP contribution in [0, 0.1) is 0 Å². The third-order valence-electron chi connectivity index (χ3n) is 3.62. The first-order valence-electron chi connectivity index (χ1n) is 8.01. The molecule has 0 bridgehead atoms. The largest absolute Gasteiger partial charge is 0.481 e. The normalized spacial score (nSPS) is 18.6. The number of methoxy groups -OCH3 is 1. The minimum absolute atomic E-state index is 0.198. The molecular formula is C17H26N2O3S. The standard InChI is InChI=1S/C17H26N2O3S/c1-17(2,3)22-16(20)19-10-6-5-7-13(19)12-23-14-8-9-15(21-4)18-11-14/h8-9,11,13H,5-7,10,12H2,1-4H3. The average molecular weight is 338 g/mol. The number of rotatable bonds is 4. The molecule has 2 rings (SSSR count). The molecule has 1 aromatic heterocycles. The van der Waals surface area contributed by atoms with Crippen molar-refractivity contribution in [1.82, 2.24) is 9.88 Å². The van der Waals surface area contributed by atoms with Crippen molar-refractivity contribution in [2.24, 2.45) is 0 Å². The minimum atomic E-state index is -0.452. The third kappa shape index (κ3) is 5.61. The molecule has 0 aromatic carbocycles. The molecule has 1 fully saturated rings. The zero-order valence-electron chi connectivity index (χ0n) is 14.4. The molecule has 0 saturated carbocycles. The van der Waals surface area contributed by atoms with Crippen LogP contribution in [0.25, 0.3) is 0 Å². The van der Waals surface area contributed by atoms with Crippen LogP contribution < -0.4 is 4.74 Å². The summed E-state index contributed by atoms with van der Waals surface area (Å²) in [7, 11) is 1.61. The highest BCUT2D eigenvalue weighted by Gasteiger charge is 2.30. The Morgan fingerprint density at radius 3 is 2.78 bits per heavy atom. The number of nitrogens with zero attached hydrogens (tertiary/aromatic N) is 2. The Hall–Kier alpha value is -1.43. The average Bonchev–Trinajstić information content (AvgIpc) is 2.52. The first kappa shape index (κ1) is 17.9. The molecule has 1 saturated heterocycles. The van der Waals surface area contributed by atoms with E-state index in [-0.39, 0.29) is 12.1 Å². The molecule has 128 valence electrons. The number of aromatic nitrogens is 1. The number of ether oxygens (including phenoxy) is 2. The van der Waals surface area contributed by atoms with E-state index in [1.807, 2.05) is 44.0 Å². The van der Waals surface area contributed by atoms with E-state index < -0.39 is 5.60 Å².